The number of ether oxygens (including phenoxy) is 4. The number of aryl methyl sites for hydroxylation is 4. The lowest BCUT2D eigenvalue weighted by atomic mass is 9.90. The zero-order chi connectivity index (χ0) is 66.5. The topological polar surface area (TPSA) is 173 Å². The minimum atomic E-state index is -3.61. The molecule has 0 saturated heterocycles. The van der Waals surface area contributed by atoms with E-state index in [0.717, 1.165) is 11.3 Å². The van der Waals surface area contributed by atoms with Crippen molar-refractivity contribution in [1.82, 2.24) is 0 Å². The number of esters is 3. The van der Waals surface area contributed by atoms with Crippen molar-refractivity contribution in [2.24, 2.45) is 16.7 Å². The van der Waals surface area contributed by atoms with Gasteiger partial charge in [0, 0.05) is 54.1 Å². The third-order valence-electron chi connectivity index (χ3n) is 15.9. The van der Waals surface area contributed by atoms with Gasteiger partial charge in [-0.1, -0.05) is 179 Å². The van der Waals surface area contributed by atoms with Gasteiger partial charge in [-0.05, 0) is 145 Å². The molecule has 8 rings (SSSR count). The number of thioether (sulfide) groups is 1. The first kappa shape index (κ1) is 71.9. The molecule has 0 bridgehead atoms. The Bertz CT molecular complexity index is 3740. The predicted octanol–water partition coefficient (Wildman–Crippen LogP) is 16.2. The lowest BCUT2D eigenvalue weighted by Gasteiger charge is -2.22. The minimum Gasteiger partial charge on any atom is -0.490 e. The Morgan fingerprint density at radius 1 is 0.451 bits per heavy atom. The van der Waals surface area contributed by atoms with E-state index in [4.69, 9.17) is 18.9 Å². The van der Waals surface area contributed by atoms with Gasteiger partial charge in [0.1, 0.15) is 31.3 Å². The van der Waals surface area contributed by atoms with Crippen molar-refractivity contribution in [1.29, 1.82) is 0 Å². The Labute approximate surface area is 541 Å². The molecule has 0 saturated carbocycles. The molecule has 0 aliphatic rings. The van der Waals surface area contributed by atoms with Crippen LogP contribution in [0.4, 0.5) is 0 Å². The molecule has 1 unspecified atom stereocenters. The van der Waals surface area contributed by atoms with Gasteiger partial charge in [0.15, 0.2) is 5.78 Å². The number of ketones is 1. The summed E-state index contributed by atoms with van der Waals surface area (Å²) >= 11 is 1.61. The summed E-state index contributed by atoms with van der Waals surface area (Å²) in [7, 11) is -7.21. The number of benzene rings is 8. The Hall–Kier alpha value is -8.21. The third-order valence-corrected chi connectivity index (χ3v) is 22.6. The molecule has 476 valence electrons. The van der Waals surface area contributed by atoms with Gasteiger partial charge in [0.05, 0.1) is 16.7 Å². The fraction of sp³-hybridized carbons (Fsp3) is 0.289. The van der Waals surface area contributed by atoms with Gasteiger partial charge in [-0.2, -0.15) is 0 Å². The van der Waals surface area contributed by atoms with Crippen LogP contribution in [-0.2, 0) is 33.0 Å². The summed E-state index contributed by atoms with van der Waals surface area (Å²) in [6.45, 7) is 23.0. The van der Waals surface area contributed by atoms with Gasteiger partial charge in [-0.3, -0.25) is 28.8 Å². The molecule has 0 radical (unpaired) electrons. The molecule has 0 aromatic heterocycles. The molecule has 0 heterocycles. The second-order valence-electron chi connectivity index (χ2n) is 23.4. The smallest absolute Gasteiger partial charge is 0.316 e. The third kappa shape index (κ3) is 18.5. The number of rotatable bonds is 25. The van der Waals surface area contributed by atoms with Crippen molar-refractivity contribution >= 4 is 82.0 Å². The van der Waals surface area contributed by atoms with Crippen molar-refractivity contribution in [3.8, 4) is 11.5 Å². The largest absolute Gasteiger partial charge is 0.490 e. The Morgan fingerprint density at radius 2 is 0.813 bits per heavy atom. The summed E-state index contributed by atoms with van der Waals surface area (Å²) in [5, 5.41) is 2.00. The van der Waals surface area contributed by atoms with Gasteiger partial charge < -0.3 is 28.1 Å². The minimum absolute atomic E-state index is 0.0228. The fourth-order valence-corrected chi connectivity index (χ4v) is 15.4. The fourth-order valence-electron chi connectivity index (χ4n) is 9.39. The highest BCUT2D eigenvalue weighted by atomic mass is 32.2. The van der Waals surface area contributed by atoms with Crippen LogP contribution in [0.5, 0.6) is 11.5 Å². The maximum absolute atomic E-state index is 14.5. The van der Waals surface area contributed by atoms with E-state index in [9.17, 15) is 37.9 Å². The van der Waals surface area contributed by atoms with Crippen molar-refractivity contribution in [3.05, 3.63) is 245 Å². The van der Waals surface area contributed by atoms with Crippen molar-refractivity contribution in [2.45, 2.75) is 107 Å². The highest BCUT2D eigenvalue weighted by Crippen LogP contribution is 2.50. The van der Waals surface area contributed by atoms with Crippen LogP contribution in [0.25, 0.3) is 0 Å². The summed E-state index contributed by atoms with van der Waals surface area (Å²) in [6.07, 6.45) is 2.14. The standard InChI is InChI=1S/C29H33O5P.C27H29O4P.C20H22O3S/c1-6-29(4,5)28(31)34-18-17-33-23-19-21(2)26(22(3)20-23)27(30)35(32,24-13-9-7-10-14-24)25-15-11-8-12-16-25;1-6-27(4,5)26(29)31-21-17-19(2)24(20(3)18-21)25(28)32(30,22-13-9-7-10-14-22)23-15-11-8-12-16-23;1-3-15(2)20(22)23-13-14-24-18-11-9-17(10-12-18)19(21)16-7-5-4-6-8-16/h7-16,19-20H,6,17-18H2,1-5H3;7-18H,6H2,1-5H3;4-12,15H,3,13-14H2,1-2H3. The van der Waals surface area contributed by atoms with E-state index in [-0.39, 0.29) is 42.8 Å². The molecular weight excluding hydrogens is 1200 g/mol. The highest BCUT2D eigenvalue weighted by Gasteiger charge is 2.40. The van der Waals surface area contributed by atoms with E-state index in [1.807, 2.05) is 148 Å². The average Bonchev–Trinajstić information content (AvgIpc) is 1.43. The number of hydrogen-bond acceptors (Lipinski definition) is 13. The van der Waals surface area contributed by atoms with E-state index in [1.54, 1.807) is 147 Å². The molecule has 0 amide bonds. The van der Waals surface area contributed by atoms with Crippen LogP contribution in [0.15, 0.2) is 205 Å². The number of carbonyl (C=O) groups excluding carboxylic acids is 6. The maximum atomic E-state index is 14.5. The van der Waals surface area contributed by atoms with Crippen LogP contribution in [0.3, 0.4) is 0 Å². The zero-order valence-corrected chi connectivity index (χ0v) is 56.9. The molecular formula is C76H84O12P2S. The first-order valence-corrected chi connectivity index (χ1v) is 35.0. The Morgan fingerprint density at radius 3 is 1.20 bits per heavy atom. The quantitative estimate of drug-likeness (QED) is 0.0132. The summed E-state index contributed by atoms with van der Waals surface area (Å²) in [5.41, 5.74) is 2.86. The molecule has 0 fully saturated rings. The van der Waals surface area contributed by atoms with Crippen LogP contribution in [0.2, 0.25) is 0 Å². The van der Waals surface area contributed by atoms with Gasteiger partial charge in [0.2, 0.25) is 25.3 Å². The molecule has 8 aromatic rings. The second kappa shape index (κ2) is 33.2. The average molecular weight is 1280 g/mol. The van der Waals surface area contributed by atoms with Crippen LogP contribution in [0.1, 0.15) is 134 Å². The normalized spacial score (nSPS) is 11.7. The van der Waals surface area contributed by atoms with Gasteiger partial charge >= 0.3 is 17.9 Å². The van der Waals surface area contributed by atoms with E-state index in [1.165, 1.54) is 0 Å². The van der Waals surface area contributed by atoms with E-state index < -0.39 is 36.2 Å². The van der Waals surface area contributed by atoms with Crippen molar-refractivity contribution < 1.29 is 56.8 Å². The first-order valence-electron chi connectivity index (χ1n) is 30.6. The van der Waals surface area contributed by atoms with Crippen LogP contribution < -0.4 is 30.7 Å². The van der Waals surface area contributed by atoms with Crippen LogP contribution in [-0.4, -0.2) is 60.3 Å². The predicted molar refractivity (Wildman–Crippen MR) is 368 cm³/mol. The molecule has 91 heavy (non-hydrogen) atoms. The highest BCUT2D eigenvalue weighted by molar-refractivity contribution is 7.99. The lowest BCUT2D eigenvalue weighted by molar-refractivity contribution is -0.155. The first-order chi connectivity index (χ1) is 43.3. The lowest BCUT2D eigenvalue weighted by Crippen LogP contribution is -2.28. The molecule has 15 heteroatoms. The van der Waals surface area contributed by atoms with Crippen molar-refractivity contribution in [3.63, 3.8) is 0 Å². The Balaban J connectivity index is 0.000000221. The maximum Gasteiger partial charge on any atom is 0.316 e. The molecule has 1 atom stereocenters. The van der Waals surface area contributed by atoms with E-state index in [2.05, 4.69) is 0 Å². The van der Waals surface area contributed by atoms with Crippen LogP contribution >= 0.6 is 26.0 Å². The van der Waals surface area contributed by atoms with Gasteiger partial charge in [-0.25, -0.2) is 0 Å². The monoisotopic (exact) mass is 1280 g/mol. The Kier molecular flexibility index (Phi) is 26.2. The number of hydrogen-bond donors (Lipinski definition) is 0. The van der Waals surface area contributed by atoms with E-state index >= 15 is 0 Å². The SMILES string of the molecule is CCC(C)(C)C(=O)OCCOc1cc(C)c(C(=O)P(=O)(c2ccccc2)c2ccccc2)c(C)c1.CCC(C)(C)C(=O)Oc1cc(C)c(C(=O)P(=O)(c2ccccc2)c2ccccc2)c(C)c1.CCC(C)C(=O)OCCSc1ccc(C(=O)c2ccccc2)cc1. The molecule has 0 aliphatic carbocycles. The van der Waals surface area contributed by atoms with Gasteiger partial charge in [-0.15, -0.1) is 11.8 Å². The molecule has 0 spiro atoms. The summed E-state index contributed by atoms with van der Waals surface area (Å²) in [6, 6.07) is 59.2. The summed E-state index contributed by atoms with van der Waals surface area (Å²) < 4.78 is 50.8. The summed E-state index contributed by atoms with van der Waals surface area (Å²) in [5.74, 6) is 0.920. The zero-order valence-electron chi connectivity index (χ0n) is 54.3. The molecule has 0 aliphatic heterocycles. The molecule has 12 nitrogen and oxygen atoms in total. The molecule has 8 aromatic carbocycles. The van der Waals surface area contributed by atoms with E-state index in [0.29, 0.717) is 102 Å². The second-order valence-corrected chi connectivity index (χ2v) is 29.9. The van der Waals surface area contributed by atoms with Crippen LogP contribution in [0, 0.1) is 44.4 Å². The van der Waals surface area contributed by atoms with Gasteiger partial charge in [0.25, 0.3) is 0 Å². The number of carbonyl (C=O) groups is 6. The van der Waals surface area contributed by atoms with Crippen molar-refractivity contribution in [2.75, 3.05) is 25.6 Å². The molecule has 0 N–H and O–H groups in total. The summed E-state index contributed by atoms with van der Waals surface area (Å²) in [4.78, 5) is 77.4.